The van der Waals surface area contributed by atoms with Crippen molar-refractivity contribution in [3.63, 3.8) is 0 Å². The van der Waals surface area contributed by atoms with Crippen LogP contribution < -0.4 is 0 Å². The Bertz CT molecular complexity index is 809. The highest BCUT2D eigenvalue weighted by molar-refractivity contribution is 8.00. The van der Waals surface area contributed by atoms with Crippen molar-refractivity contribution >= 4 is 50.9 Å². The molecule has 9 heteroatoms. The second kappa shape index (κ2) is 10.8. The maximum atomic E-state index is 13.2. The number of hydrogen-bond donors (Lipinski definition) is 1. The van der Waals surface area contributed by atoms with E-state index in [1.54, 1.807) is 12.1 Å². The zero-order valence-electron chi connectivity index (χ0n) is 16.9. The van der Waals surface area contributed by atoms with Gasteiger partial charge in [-0.25, -0.2) is 0 Å². The quantitative estimate of drug-likeness (QED) is 0.467. The maximum absolute atomic E-state index is 13.2. The van der Waals surface area contributed by atoms with Crippen molar-refractivity contribution < 1.29 is 17.8 Å². The predicted molar refractivity (Wildman–Crippen MR) is 122 cm³/mol. The molecular weight excluding hydrogens is 453 g/mol. The fourth-order valence-corrected chi connectivity index (χ4v) is 5.92. The number of Topliss-reactive ketones (excluding diaryl/α,β-unsaturated/α-hetero) is 1. The minimum Gasteiger partial charge on any atom is -0.302 e. The van der Waals surface area contributed by atoms with Crippen LogP contribution >= 0.6 is 35.0 Å². The van der Waals surface area contributed by atoms with E-state index >= 15 is 0 Å². The molecule has 1 N–H and O–H groups in total. The highest BCUT2D eigenvalue weighted by atomic mass is 35.5. The normalized spacial score (nSPS) is 17.3. The van der Waals surface area contributed by atoms with Crippen LogP contribution in [0.4, 0.5) is 0 Å². The molecule has 0 bridgehead atoms. The van der Waals surface area contributed by atoms with Gasteiger partial charge in [0.15, 0.2) is 0 Å². The predicted octanol–water partition coefficient (Wildman–Crippen LogP) is 5.13. The Morgan fingerprint density at radius 1 is 1.21 bits per heavy atom. The van der Waals surface area contributed by atoms with E-state index in [0.29, 0.717) is 10.0 Å². The van der Waals surface area contributed by atoms with Crippen molar-refractivity contribution in [2.24, 2.45) is 5.41 Å². The Morgan fingerprint density at radius 3 is 2.45 bits per heavy atom. The molecule has 5 nitrogen and oxygen atoms in total. The number of rotatable bonds is 10. The lowest BCUT2D eigenvalue weighted by atomic mass is 9.84. The molecule has 164 valence electrons. The smallest absolute Gasteiger partial charge is 0.265 e. The lowest BCUT2D eigenvalue weighted by Crippen LogP contribution is -2.42. The van der Waals surface area contributed by atoms with Gasteiger partial charge in [-0.3, -0.25) is 9.35 Å². The fraction of sp³-hybridized carbons (Fsp3) is 0.650. The van der Waals surface area contributed by atoms with Crippen molar-refractivity contribution in [2.75, 3.05) is 31.1 Å². The number of piperidine rings is 1. The van der Waals surface area contributed by atoms with Crippen molar-refractivity contribution in [1.29, 1.82) is 0 Å². The third-order valence-electron chi connectivity index (χ3n) is 5.17. The first kappa shape index (κ1) is 25.0. The third-order valence-corrected chi connectivity index (χ3v) is 8.17. The largest absolute Gasteiger partial charge is 0.302 e. The summed E-state index contributed by atoms with van der Waals surface area (Å²) in [5, 5.41) is 0.554. The number of carbonyl (C=O) groups is 1. The fourth-order valence-electron chi connectivity index (χ4n) is 3.49. The van der Waals surface area contributed by atoms with Crippen LogP contribution in [0, 0.1) is 5.41 Å². The Kier molecular flexibility index (Phi) is 9.31. The summed E-state index contributed by atoms with van der Waals surface area (Å²) in [7, 11) is -4.05. The molecule has 0 spiro atoms. The zero-order valence-corrected chi connectivity index (χ0v) is 20.0. The van der Waals surface area contributed by atoms with Crippen molar-refractivity contribution in [2.45, 2.75) is 44.8 Å². The number of nitrogens with zero attached hydrogens (tertiary/aromatic N) is 1. The SMILES string of the molecule is CC(C)(CN1CCCCC1)C(=O)C[C@H](SCCS(=O)(=O)O)c1ccc(Cl)c(Cl)c1. The monoisotopic (exact) mass is 481 g/mol. The van der Waals surface area contributed by atoms with Gasteiger partial charge in [0, 0.05) is 29.4 Å². The summed E-state index contributed by atoms with van der Waals surface area (Å²) >= 11 is 13.5. The first-order valence-corrected chi connectivity index (χ1v) is 13.2. The molecule has 0 saturated carbocycles. The average molecular weight is 482 g/mol. The number of hydrogen-bond acceptors (Lipinski definition) is 5. The van der Waals surface area contributed by atoms with Crippen LogP contribution in [0.15, 0.2) is 18.2 Å². The van der Waals surface area contributed by atoms with E-state index in [2.05, 4.69) is 4.90 Å². The Morgan fingerprint density at radius 2 is 1.86 bits per heavy atom. The van der Waals surface area contributed by atoms with Gasteiger partial charge in [-0.1, -0.05) is 49.5 Å². The summed E-state index contributed by atoms with van der Waals surface area (Å²) in [6.45, 7) is 6.71. The van der Waals surface area contributed by atoms with E-state index in [4.69, 9.17) is 27.8 Å². The minimum absolute atomic E-state index is 0.124. The molecule has 1 fully saturated rings. The molecule has 1 aromatic carbocycles. The number of thioether (sulfide) groups is 1. The first-order chi connectivity index (χ1) is 13.5. The van der Waals surface area contributed by atoms with Crippen LogP contribution in [0.5, 0.6) is 0 Å². The Hall–Kier alpha value is -0.310. The van der Waals surface area contributed by atoms with Crippen molar-refractivity contribution in [3.8, 4) is 0 Å². The van der Waals surface area contributed by atoms with Crippen LogP contribution in [0.25, 0.3) is 0 Å². The Balaban J connectivity index is 2.11. The second-order valence-corrected chi connectivity index (χ2v) is 11.9. The van der Waals surface area contributed by atoms with Crippen LogP contribution in [0.1, 0.15) is 50.3 Å². The lowest BCUT2D eigenvalue weighted by Gasteiger charge is -2.34. The molecule has 0 radical (unpaired) electrons. The van der Waals surface area contributed by atoms with Crippen molar-refractivity contribution in [1.82, 2.24) is 4.90 Å². The van der Waals surface area contributed by atoms with Crippen LogP contribution in [-0.2, 0) is 14.9 Å². The summed E-state index contributed by atoms with van der Waals surface area (Å²) in [6, 6.07) is 5.21. The van der Waals surface area contributed by atoms with Gasteiger partial charge in [0.2, 0.25) is 0 Å². The molecule has 1 heterocycles. The number of ketones is 1. The third kappa shape index (κ3) is 8.38. The molecule has 1 aliphatic rings. The van der Waals surface area contributed by atoms with Crippen LogP contribution in [-0.4, -0.2) is 54.8 Å². The van der Waals surface area contributed by atoms with Gasteiger partial charge < -0.3 is 4.90 Å². The minimum atomic E-state index is -4.05. The maximum Gasteiger partial charge on any atom is 0.265 e. The summed E-state index contributed by atoms with van der Waals surface area (Å²) in [6.07, 6.45) is 3.84. The molecule has 29 heavy (non-hydrogen) atoms. The van der Waals surface area contributed by atoms with E-state index in [-0.39, 0.29) is 29.0 Å². The van der Waals surface area contributed by atoms with E-state index in [1.165, 1.54) is 31.0 Å². The zero-order chi connectivity index (χ0) is 21.7. The highest BCUT2D eigenvalue weighted by Gasteiger charge is 2.32. The van der Waals surface area contributed by atoms with Crippen LogP contribution in [0.3, 0.4) is 0 Å². The summed E-state index contributed by atoms with van der Waals surface area (Å²) in [4.78, 5) is 15.5. The van der Waals surface area contributed by atoms with E-state index in [0.717, 1.165) is 25.2 Å². The molecule has 0 aromatic heterocycles. The van der Waals surface area contributed by atoms with E-state index < -0.39 is 15.5 Å². The number of likely N-dealkylation sites (tertiary alicyclic amines) is 1. The molecular formula is C20H29Cl2NO4S2. The highest BCUT2D eigenvalue weighted by Crippen LogP contribution is 2.38. The van der Waals surface area contributed by atoms with Crippen LogP contribution in [0.2, 0.25) is 10.0 Å². The van der Waals surface area contributed by atoms with E-state index in [1.807, 2.05) is 19.9 Å². The topological polar surface area (TPSA) is 74.7 Å². The molecule has 1 aromatic rings. The van der Waals surface area contributed by atoms with Gasteiger partial charge in [0.25, 0.3) is 10.1 Å². The first-order valence-electron chi connectivity index (χ1n) is 9.75. The average Bonchev–Trinajstić information content (AvgIpc) is 2.62. The molecule has 0 aliphatic carbocycles. The molecule has 0 unspecified atom stereocenters. The van der Waals surface area contributed by atoms with Crippen molar-refractivity contribution in [3.05, 3.63) is 33.8 Å². The van der Waals surface area contributed by atoms with Gasteiger partial charge >= 0.3 is 0 Å². The molecule has 2 rings (SSSR count). The molecule has 1 aliphatic heterocycles. The standard InChI is InChI=1S/C20H29Cl2NO4S2/c1-20(2,14-23-8-4-3-5-9-23)19(24)13-18(28-10-11-29(25,26)27)15-6-7-16(21)17(22)12-15/h6-7,12,18H,3-5,8-11,13-14H2,1-2H3,(H,25,26,27)/t18-/m0/s1. The van der Waals surface area contributed by atoms with Gasteiger partial charge in [-0.15, -0.1) is 0 Å². The summed E-state index contributed by atoms with van der Waals surface area (Å²) < 4.78 is 31.2. The lowest BCUT2D eigenvalue weighted by molar-refractivity contribution is -0.128. The van der Waals surface area contributed by atoms with Gasteiger partial charge in [-0.2, -0.15) is 20.2 Å². The second-order valence-electron chi connectivity index (χ2n) is 8.17. The molecule has 1 atom stereocenters. The molecule has 0 amide bonds. The number of benzene rings is 1. The van der Waals surface area contributed by atoms with Gasteiger partial charge in [-0.05, 0) is 43.6 Å². The summed E-state index contributed by atoms with van der Waals surface area (Å²) in [5.41, 5.74) is 0.317. The number of carbonyl (C=O) groups excluding carboxylic acids is 1. The summed E-state index contributed by atoms with van der Waals surface area (Å²) in [5.74, 6) is -0.0525. The molecule has 1 saturated heterocycles. The number of halogens is 2. The van der Waals surface area contributed by atoms with Gasteiger partial charge in [0.05, 0.1) is 15.8 Å². The Labute approximate surface area is 188 Å². The van der Waals surface area contributed by atoms with E-state index in [9.17, 15) is 13.2 Å². The van der Waals surface area contributed by atoms with Gasteiger partial charge in [0.1, 0.15) is 5.78 Å².